The van der Waals surface area contributed by atoms with Crippen molar-refractivity contribution in [2.24, 2.45) is 5.92 Å². The third kappa shape index (κ3) is 6.39. The van der Waals surface area contributed by atoms with Gasteiger partial charge in [-0.15, -0.1) is 0 Å². The molecule has 1 aromatic heterocycles. The van der Waals surface area contributed by atoms with Crippen molar-refractivity contribution < 1.29 is 28.6 Å². The van der Waals surface area contributed by atoms with E-state index in [4.69, 9.17) is 14.2 Å². The van der Waals surface area contributed by atoms with Crippen LogP contribution in [0, 0.1) is 5.92 Å². The van der Waals surface area contributed by atoms with Gasteiger partial charge in [0.1, 0.15) is 30.9 Å². The Hall–Kier alpha value is -5.09. The van der Waals surface area contributed by atoms with E-state index in [-0.39, 0.29) is 12.4 Å². The molecule has 1 fully saturated rings. The first-order chi connectivity index (χ1) is 19.9. The molecule has 208 valence electrons. The zero-order chi connectivity index (χ0) is 28.8. The van der Waals surface area contributed by atoms with Gasteiger partial charge in [0.15, 0.2) is 0 Å². The largest absolute Gasteiger partial charge is 0.459 e. The standard InChI is InChI=1S/C31H27N3O7/c1-20-26(41-30(37)23-15-9-4-10-16-23)24(19-39-29(36)22-13-7-3-8-14-22)40-28(20)34-18-17-25(33-31(34)38)32-27(35)21-11-5-2-6-12-21/h2-18,20,24,26,28H,19H2,1H3,(H,32,33,35,38). The number of benzene rings is 3. The summed E-state index contributed by atoms with van der Waals surface area (Å²) in [5.74, 6) is -1.99. The lowest BCUT2D eigenvalue weighted by molar-refractivity contribution is -0.0587. The number of nitrogens with one attached hydrogen (secondary N) is 1. The lowest BCUT2D eigenvalue weighted by Gasteiger charge is -2.21. The third-order valence-electron chi connectivity index (χ3n) is 6.67. The average Bonchev–Trinajstić information content (AvgIpc) is 3.31. The van der Waals surface area contributed by atoms with Gasteiger partial charge >= 0.3 is 17.6 Å². The van der Waals surface area contributed by atoms with Crippen molar-refractivity contribution in [3.05, 3.63) is 130 Å². The van der Waals surface area contributed by atoms with Gasteiger partial charge in [-0.25, -0.2) is 14.4 Å². The second kappa shape index (κ2) is 12.4. The van der Waals surface area contributed by atoms with E-state index < -0.39 is 47.9 Å². The van der Waals surface area contributed by atoms with Gasteiger partial charge < -0.3 is 19.5 Å². The summed E-state index contributed by atoms with van der Waals surface area (Å²) in [7, 11) is 0. The SMILES string of the molecule is CC1C(OC(=O)c2ccccc2)C(COC(=O)c2ccccc2)OC1n1ccc(NC(=O)c2ccccc2)nc1=O. The fourth-order valence-electron chi connectivity index (χ4n) is 4.55. The van der Waals surface area contributed by atoms with Crippen LogP contribution < -0.4 is 11.0 Å². The number of amides is 1. The molecular formula is C31H27N3O7. The molecule has 0 aliphatic carbocycles. The Labute approximate surface area is 235 Å². The number of anilines is 1. The molecule has 1 amide bonds. The molecule has 1 N–H and O–H groups in total. The summed E-state index contributed by atoms with van der Waals surface area (Å²) >= 11 is 0. The number of rotatable bonds is 8. The van der Waals surface area contributed by atoms with Crippen molar-refractivity contribution >= 4 is 23.7 Å². The van der Waals surface area contributed by atoms with E-state index in [2.05, 4.69) is 10.3 Å². The quantitative estimate of drug-likeness (QED) is 0.323. The van der Waals surface area contributed by atoms with E-state index >= 15 is 0 Å². The fraction of sp³-hybridized carbons (Fsp3) is 0.194. The summed E-state index contributed by atoms with van der Waals surface area (Å²) in [5.41, 5.74) is 0.451. The van der Waals surface area contributed by atoms with Crippen LogP contribution in [0.15, 0.2) is 108 Å². The van der Waals surface area contributed by atoms with E-state index in [1.165, 1.54) is 16.8 Å². The molecule has 10 nitrogen and oxygen atoms in total. The van der Waals surface area contributed by atoms with Gasteiger partial charge in [0, 0.05) is 17.7 Å². The van der Waals surface area contributed by atoms with Crippen molar-refractivity contribution in [2.75, 3.05) is 11.9 Å². The van der Waals surface area contributed by atoms with Crippen LogP contribution in [0.1, 0.15) is 44.2 Å². The molecule has 1 saturated heterocycles. The first-order valence-electron chi connectivity index (χ1n) is 13.0. The second-order valence-electron chi connectivity index (χ2n) is 9.45. The normalized spacial score (nSPS) is 19.7. The van der Waals surface area contributed by atoms with Gasteiger partial charge in [-0.05, 0) is 42.5 Å². The van der Waals surface area contributed by atoms with Crippen molar-refractivity contribution in [3.63, 3.8) is 0 Å². The van der Waals surface area contributed by atoms with Crippen molar-refractivity contribution in [3.8, 4) is 0 Å². The van der Waals surface area contributed by atoms with Gasteiger partial charge in [0.2, 0.25) is 0 Å². The smallest absolute Gasteiger partial charge is 0.351 e. The molecule has 0 spiro atoms. The van der Waals surface area contributed by atoms with Crippen LogP contribution in [0.3, 0.4) is 0 Å². The van der Waals surface area contributed by atoms with Crippen LogP contribution in [0.25, 0.3) is 0 Å². The molecule has 5 rings (SSSR count). The van der Waals surface area contributed by atoms with Crippen molar-refractivity contribution in [1.82, 2.24) is 9.55 Å². The zero-order valence-electron chi connectivity index (χ0n) is 22.1. The first-order valence-corrected chi connectivity index (χ1v) is 13.0. The summed E-state index contributed by atoms with van der Waals surface area (Å²) < 4.78 is 18.7. The predicted molar refractivity (Wildman–Crippen MR) is 148 cm³/mol. The van der Waals surface area contributed by atoms with Gasteiger partial charge in [-0.2, -0.15) is 4.98 Å². The number of ether oxygens (including phenoxy) is 3. The second-order valence-corrected chi connectivity index (χ2v) is 9.45. The van der Waals surface area contributed by atoms with Crippen LogP contribution in [0.2, 0.25) is 0 Å². The lowest BCUT2D eigenvalue weighted by Crippen LogP contribution is -2.35. The number of esters is 2. The van der Waals surface area contributed by atoms with Crippen LogP contribution >= 0.6 is 0 Å². The summed E-state index contributed by atoms with van der Waals surface area (Å²) in [6, 6.07) is 27.0. The van der Waals surface area contributed by atoms with Gasteiger partial charge in [0.25, 0.3) is 5.91 Å². The van der Waals surface area contributed by atoms with E-state index in [9.17, 15) is 19.2 Å². The summed E-state index contributed by atoms with van der Waals surface area (Å²) in [4.78, 5) is 55.0. The highest BCUT2D eigenvalue weighted by atomic mass is 16.6. The Balaban J connectivity index is 1.34. The Morgan fingerprint density at radius 3 is 1.98 bits per heavy atom. The maximum Gasteiger partial charge on any atom is 0.351 e. The lowest BCUT2D eigenvalue weighted by atomic mass is 10.0. The monoisotopic (exact) mass is 553 g/mol. The number of aromatic nitrogens is 2. The van der Waals surface area contributed by atoms with Crippen LogP contribution in [0.5, 0.6) is 0 Å². The van der Waals surface area contributed by atoms with Crippen LogP contribution in [0.4, 0.5) is 5.82 Å². The first kappa shape index (κ1) is 27.5. The number of carbonyl (C=O) groups excluding carboxylic acids is 3. The van der Waals surface area contributed by atoms with Gasteiger partial charge in [0.05, 0.1) is 11.1 Å². The molecule has 4 atom stereocenters. The molecule has 0 bridgehead atoms. The Bertz CT molecular complexity index is 1580. The predicted octanol–water partition coefficient (Wildman–Crippen LogP) is 4.11. The zero-order valence-corrected chi connectivity index (χ0v) is 22.1. The summed E-state index contributed by atoms with van der Waals surface area (Å²) in [5, 5.41) is 2.61. The van der Waals surface area contributed by atoms with Crippen LogP contribution in [-0.4, -0.2) is 46.2 Å². The van der Waals surface area contributed by atoms with Crippen molar-refractivity contribution in [2.45, 2.75) is 25.4 Å². The highest BCUT2D eigenvalue weighted by Crippen LogP contribution is 2.36. The summed E-state index contributed by atoms with van der Waals surface area (Å²) in [6.07, 6.45) is -1.14. The number of nitrogens with zero attached hydrogens (tertiary/aromatic N) is 2. The Morgan fingerprint density at radius 1 is 0.829 bits per heavy atom. The van der Waals surface area contributed by atoms with E-state index in [1.807, 2.05) is 0 Å². The number of carbonyl (C=O) groups is 3. The van der Waals surface area contributed by atoms with E-state index in [0.717, 1.165) is 0 Å². The average molecular weight is 554 g/mol. The molecule has 10 heteroatoms. The Morgan fingerprint density at radius 2 is 1.39 bits per heavy atom. The minimum absolute atomic E-state index is 0.0751. The molecule has 1 aliphatic rings. The maximum absolute atomic E-state index is 13.0. The summed E-state index contributed by atoms with van der Waals surface area (Å²) in [6.45, 7) is 1.55. The highest BCUT2D eigenvalue weighted by Gasteiger charge is 2.46. The fourth-order valence-corrected chi connectivity index (χ4v) is 4.55. The third-order valence-corrected chi connectivity index (χ3v) is 6.67. The Kier molecular flexibility index (Phi) is 8.31. The highest BCUT2D eigenvalue weighted by molar-refractivity contribution is 6.03. The van der Waals surface area contributed by atoms with E-state index in [1.54, 1.807) is 97.9 Å². The molecule has 2 heterocycles. The molecule has 3 aromatic carbocycles. The van der Waals surface area contributed by atoms with Gasteiger partial charge in [-0.1, -0.05) is 61.5 Å². The van der Waals surface area contributed by atoms with Crippen molar-refractivity contribution in [1.29, 1.82) is 0 Å². The molecule has 0 radical (unpaired) electrons. The minimum Gasteiger partial charge on any atom is -0.459 e. The molecule has 4 unspecified atom stereocenters. The topological polar surface area (TPSA) is 126 Å². The molecule has 0 saturated carbocycles. The number of hydrogen-bond acceptors (Lipinski definition) is 8. The minimum atomic E-state index is -0.886. The number of hydrogen-bond donors (Lipinski definition) is 1. The molecule has 4 aromatic rings. The molecular weight excluding hydrogens is 526 g/mol. The van der Waals surface area contributed by atoms with E-state index in [0.29, 0.717) is 16.7 Å². The molecule has 1 aliphatic heterocycles. The molecule has 41 heavy (non-hydrogen) atoms. The van der Waals surface area contributed by atoms with Gasteiger partial charge in [-0.3, -0.25) is 9.36 Å². The maximum atomic E-state index is 13.0. The van der Waals surface area contributed by atoms with Crippen LogP contribution in [-0.2, 0) is 14.2 Å².